The highest BCUT2D eigenvalue weighted by atomic mass is 32.2. The Morgan fingerprint density at radius 3 is 2.76 bits per heavy atom. The molecule has 0 aliphatic carbocycles. The maximum atomic E-state index is 5.91. The lowest BCUT2D eigenvalue weighted by Gasteiger charge is -2.14. The predicted octanol–water partition coefficient (Wildman–Crippen LogP) is 5.63. The maximum absolute atomic E-state index is 5.91. The highest BCUT2D eigenvalue weighted by molar-refractivity contribution is 7.98. The summed E-state index contributed by atoms with van der Waals surface area (Å²) in [5.74, 6) is 2.39. The number of rotatable bonds is 9. The second-order valence-electron chi connectivity index (χ2n) is 7.70. The van der Waals surface area contributed by atoms with Gasteiger partial charge in [0, 0.05) is 29.0 Å². The van der Waals surface area contributed by atoms with Gasteiger partial charge >= 0.3 is 0 Å². The predicted molar refractivity (Wildman–Crippen MR) is 132 cm³/mol. The van der Waals surface area contributed by atoms with Crippen LogP contribution in [0.1, 0.15) is 18.5 Å². The van der Waals surface area contributed by atoms with Crippen LogP contribution in [-0.4, -0.2) is 39.6 Å². The Hall–Kier alpha value is -2.88. The fourth-order valence-electron chi connectivity index (χ4n) is 3.72. The number of aromatic nitrogens is 4. The second-order valence-corrected chi connectivity index (χ2v) is 9.50. The number of hydrogen-bond donors (Lipinski definition) is 1. The lowest BCUT2D eigenvalue weighted by molar-refractivity contribution is 0.0953. The summed E-state index contributed by atoms with van der Waals surface area (Å²) in [6.45, 7) is 1.57. The molecule has 1 aliphatic heterocycles. The third-order valence-corrected chi connectivity index (χ3v) is 7.21. The molecule has 2 aromatic carbocycles. The molecule has 0 amide bonds. The zero-order chi connectivity index (χ0) is 22.5. The van der Waals surface area contributed by atoms with Crippen LogP contribution in [0.4, 0.5) is 10.8 Å². The van der Waals surface area contributed by atoms with Crippen LogP contribution in [-0.2, 0) is 17.0 Å². The zero-order valence-corrected chi connectivity index (χ0v) is 19.9. The van der Waals surface area contributed by atoms with Crippen LogP contribution in [0.5, 0.6) is 5.75 Å². The van der Waals surface area contributed by atoms with Gasteiger partial charge in [-0.1, -0.05) is 30.0 Å². The number of nitrogens with zero attached hydrogens (tertiary/aromatic N) is 4. The Morgan fingerprint density at radius 2 is 2.00 bits per heavy atom. The van der Waals surface area contributed by atoms with Crippen molar-refractivity contribution in [2.45, 2.75) is 36.4 Å². The molecule has 4 aromatic rings. The first kappa shape index (κ1) is 21.9. The standard InChI is InChI=1S/C24H25N5O2S2/c1-30-20-11-9-17(10-12-20)22-27-28-24(29(22)14-21-8-5-13-31-21)33-16-19-15-32-23(26-19)25-18-6-3-2-4-7-18/h2-4,6-7,9-12,15,21H,5,8,13-14,16H2,1H3,(H,25,26). The third-order valence-electron chi connectivity index (χ3n) is 5.40. The van der Waals surface area contributed by atoms with Gasteiger partial charge in [-0.25, -0.2) is 4.98 Å². The molecule has 1 fully saturated rings. The Balaban J connectivity index is 1.32. The van der Waals surface area contributed by atoms with Crippen molar-refractivity contribution in [2.75, 3.05) is 19.0 Å². The van der Waals surface area contributed by atoms with Crippen molar-refractivity contribution in [3.05, 3.63) is 65.7 Å². The first-order valence-electron chi connectivity index (χ1n) is 10.9. The van der Waals surface area contributed by atoms with Gasteiger partial charge < -0.3 is 14.8 Å². The van der Waals surface area contributed by atoms with E-state index in [0.29, 0.717) is 0 Å². The van der Waals surface area contributed by atoms with Gasteiger partial charge in [0.15, 0.2) is 16.1 Å². The molecule has 3 heterocycles. The number of ether oxygens (including phenoxy) is 2. The molecule has 0 bridgehead atoms. The minimum absolute atomic E-state index is 0.193. The maximum Gasteiger partial charge on any atom is 0.191 e. The monoisotopic (exact) mass is 479 g/mol. The highest BCUT2D eigenvalue weighted by Crippen LogP contribution is 2.30. The Morgan fingerprint density at radius 1 is 1.15 bits per heavy atom. The van der Waals surface area contributed by atoms with Crippen LogP contribution in [0, 0.1) is 0 Å². The van der Waals surface area contributed by atoms with Crippen molar-refractivity contribution < 1.29 is 9.47 Å². The number of para-hydroxylation sites is 1. The van der Waals surface area contributed by atoms with Gasteiger partial charge in [-0.05, 0) is 49.2 Å². The number of nitrogens with one attached hydrogen (secondary N) is 1. The molecule has 170 valence electrons. The number of methoxy groups -OCH3 is 1. The van der Waals surface area contributed by atoms with E-state index in [0.717, 1.165) is 70.6 Å². The van der Waals surface area contributed by atoms with E-state index in [1.54, 1.807) is 30.2 Å². The van der Waals surface area contributed by atoms with E-state index in [2.05, 4.69) is 25.5 Å². The lowest BCUT2D eigenvalue weighted by atomic mass is 10.2. The van der Waals surface area contributed by atoms with Gasteiger partial charge in [-0.3, -0.25) is 4.57 Å². The summed E-state index contributed by atoms with van der Waals surface area (Å²) >= 11 is 3.26. The molecular weight excluding hydrogens is 454 g/mol. The first-order chi connectivity index (χ1) is 16.3. The first-order valence-corrected chi connectivity index (χ1v) is 12.7. The Labute approximate surface area is 201 Å². The second kappa shape index (κ2) is 10.4. The van der Waals surface area contributed by atoms with Gasteiger partial charge in [-0.2, -0.15) is 0 Å². The van der Waals surface area contributed by atoms with E-state index in [-0.39, 0.29) is 6.10 Å². The highest BCUT2D eigenvalue weighted by Gasteiger charge is 2.22. The smallest absolute Gasteiger partial charge is 0.191 e. The zero-order valence-electron chi connectivity index (χ0n) is 18.3. The summed E-state index contributed by atoms with van der Waals surface area (Å²) < 4.78 is 13.4. The summed E-state index contributed by atoms with van der Waals surface area (Å²) in [7, 11) is 1.67. The SMILES string of the molecule is COc1ccc(-c2nnc(SCc3csc(Nc4ccccc4)n3)n2CC2CCCO2)cc1. The fraction of sp³-hybridized carbons (Fsp3) is 0.292. The van der Waals surface area contributed by atoms with E-state index in [9.17, 15) is 0 Å². The number of anilines is 2. The molecule has 2 aromatic heterocycles. The summed E-state index contributed by atoms with van der Waals surface area (Å²) in [5.41, 5.74) is 3.06. The molecule has 5 rings (SSSR count). The molecule has 1 aliphatic rings. The van der Waals surface area contributed by atoms with Crippen molar-refractivity contribution in [3.8, 4) is 17.1 Å². The number of thiazole rings is 1. The van der Waals surface area contributed by atoms with Crippen LogP contribution >= 0.6 is 23.1 Å². The van der Waals surface area contributed by atoms with E-state index in [1.165, 1.54) is 0 Å². The molecule has 1 unspecified atom stereocenters. The van der Waals surface area contributed by atoms with Crippen LogP contribution < -0.4 is 10.1 Å². The van der Waals surface area contributed by atoms with Crippen LogP contribution in [0.25, 0.3) is 11.4 Å². The average molecular weight is 480 g/mol. The molecule has 0 spiro atoms. The van der Waals surface area contributed by atoms with Crippen molar-refractivity contribution in [2.24, 2.45) is 0 Å². The molecule has 1 saturated heterocycles. The van der Waals surface area contributed by atoms with Crippen molar-refractivity contribution in [1.82, 2.24) is 19.7 Å². The molecular formula is C24H25N5O2S2. The quantitative estimate of drug-likeness (QED) is 0.312. The largest absolute Gasteiger partial charge is 0.497 e. The molecule has 9 heteroatoms. The molecule has 0 saturated carbocycles. The molecule has 33 heavy (non-hydrogen) atoms. The lowest BCUT2D eigenvalue weighted by Crippen LogP contribution is -2.16. The summed E-state index contributed by atoms with van der Waals surface area (Å²) in [6, 6.07) is 18.0. The molecule has 0 radical (unpaired) electrons. The molecule has 1 atom stereocenters. The van der Waals surface area contributed by atoms with Gasteiger partial charge in [-0.15, -0.1) is 21.5 Å². The summed E-state index contributed by atoms with van der Waals surface area (Å²) in [6.07, 6.45) is 2.35. The van der Waals surface area contributed by atoms with Gasteiger partial charge in [0.05, 0.1) is 25.5 Å². The molecule has 7 nitrogen and oxygen atoms in total. The minimum Gasteiger partial charge on any atom is -0.497 e. The van der Waals surface area contributed by atoms with Crippen molar-refractivity contribution in [3.63, 3.8) is 0 Å². The van der Waals surface area contributed by atoms with E-state index >= 15 is 0 Å². The van der Waals surface area contributed by atoms with Crippen LogP contribution in [0.15, 0.2) is 65.1 Å². The third kappa shape index (κ3) is 5.38. The summed E-state index contributed by atoms with van der Waals surface area (Å²) in [5, 5.41) is 16.2. The van der Waals surface area contributed by atoms with Gasteiger partial charge in [0.25, 0.3) is 0 Å². The fourth-order valence-corrected chi connectivity index (χ4v) is 5.40. The average Bonchev–Trinajstić information content (AvgIpc) is 3.61. The minimum atomic E-state index is 0.193. The van der Waals surface area contributed by atoms with E-state index in [4.69, 9.17) is 14.5 Å². The van der Waals surface area contributed by atoms with Crippen LogP contribution in [0.2, 0.25) is 0 Å². The number of hydrogen-bond acceptors (Lipinski definition) is 8. The van der Waals surface area contributed by atoms with Crippen LogP contribution in [0.3, 0.4) is 0 Å². The number of benzene rings is 2. The van der Waals surface area contributed by atoms with Gasteiger partial charge in [0.1, 0.15) is 5.75 Å². The van der Waals surface area contributed by atoms with Crippen molar-refractivity contribution in [1.29, 1.82) is 0 Å². The van der Waals surface area contributed by atoms with Gasteiger partial charge in [0.2, 0.25) is 0 Å². The Bertz CT molecular complexity index is 1170. The Kier molecular flexibility index (Phi) is 6.89. The van der Waals surface area contributed by atoms with E-state index < -0.39 is 0 Å². The normalized spacial score (nSPS) is 15.6. The molecule has 1 N–H and O–H groups in total. The number of thioether (sulfide) groups is 1. The van der Waals surface area contributed by atoms with Crippen molar-refractivity contribution >= 4 is 33.9 Å². The van der Waals surface area contributed by atoms with E-state index in [1.807, 2.05) is 54.6 Å². The summed E-state index contributed by atoms with van der Waals surface area (Å²) in [4.78, 5) is 4.73. The topological polar surface area (TPSA) is 74.1 Å².